The first-order valence-corrected chi connectivity index (χ1v) is 10.6. The third-order valence-electron chi connectivity index (χ3n) is 6.43. The molecule has 6 heteroatoms. The molecule has 162 valence electrons. The lowest BCUT2D eigenvalue weighted by atomic mass is 9.80. The van der Waals surface area contributed by atoms with E-state index in [1.54, 1.807) is 32.4 Å². The number of methoxy groups -OCH3 is 2. The molecule has 0 spiro atoms. The Morgan fingerprint density at radius 1 is 1.03 bits per heavy atom. The van der Waals surface area contributed by atoms with Crippen molar-refractivity contribution in [1.82, 2.24) is 4.90 Å². The van der Waals surface area contributed by atoms with E-state index in [4.69, 9.17) is 14.2 Å². The van der Waals surface area contributed by atoms with Gasteiger partial charge in [0.15, 0.2) is 11.5 Å². The highest BCUT2D eigenvalue weighted by Crippen LogP contribution is 2.47. The topological polar surface area (TPSA) is 51.2 Å². The molecule has 0 saturated carbocycles. The van der Waals surface area contributed by atoms with Gasteiger partial charge in [0.25, 0.3) is 0 Å². The van der Waals surface area contributed by atoms with Crippen LogP contribution >= 0.6 is 0 Å². The summed E-state index contributed by atoms with van der Waals surface area (Å²) >= 11 is 0. The van der Waals surface area contributed by atoms with Crippen LogP contribution in [-0.4, -0.2) is 49.5 Å². The Bertz CT molecular complexity index is 860. The third kappa shape index (κ3) is 4.17. The number of benzene rings is 2. The number of hydrogen-bond acceptors (Lipinski definition) is 5. The van der Waals surface area contributed by atoms with Crippen LogP contribution in [0.15, 0.2) is 42.5 Å². The van der Waals surface area contributed by atoms with Crippen LogP contribution in [0.4, 0.5) is 4.39 Å². The zero-order chi connectivity index (χ0) is 21.1. The summed E-state index contributed by atoms with van der Waals surface area (Å²) in [5.41, 5.74) is 0.477. The van der Waals surface area contributed by atoms with Gasteiger partial charge in [0.2, 0.25) is 0 Å². The van der Waals surface area contributed by atoms with Crippen LogP contribution in [0.5, 0.6) is 11.5 Å². The third-order valence-corrected chi connectivity index (χ3v) is 6.43. The lowest BCUT2D eigenvalue weighted by Crippen LogP contribution is -2.49. The fourth-order valence-electron chi connectivity index (χ4n) is 5.01. The molecule has 5 nitrogen and oxygen atoms in total. The number of aliphatic hydroxyl groups is 1. The largest absolute Gasteiger partial charge is 0.493 e. The molecular formula is C24H30FNO4. The molecule has 1 N–H and O–H groups in total. The molecule has 2 unspecified atom stereocenters. The number of piperidine rings is 1. The van der Waals surface area contributed by atoms with Crippen LogP contribution in [0.2, 0.25) is 0 Å². The van der Waals surface area contributed by atoms with Gasteiger partial charge in [-0.25, -0.2) is 4.39 Å². The van der Waals surface area contributed by atoms with Crippen molar-refractivity contribution in [1.29, 1.82) is 0 Å². The van der Waals surface area contributed by atoms with Crippen molar-refractivity contribution in [3.8, 4) is 11.5 Å². The maximum absolute atomic E-state index is 14.4. The maximum Gasteiger partial charge on any atom is 0.161 e. The number of ether oxygens (including phenoxy) is 3. The first-order valence-electron chi connectivity index (χ1n) is 10.6. The smallest absolute Gasteiger partial charge is 0.161 e. The van der Waals surface area contributed by atoms with Gasteiger partial charge in [0.1, 0.15) is 12.4 Å². The second kappa shape index (κ2) is 8.92. The van der Waals surface area contributed by atoms with E-state index in [0.717, 1.165) is 24.9 Å². The average Bonchev–Trinajstić information content (AvgIpc) is 2.98. The lowest BCUT2D eigenvalue weighted by molar-refractivity contribution is -0.0615. The summed E-state index contributed by atoms with van der Waals surface area (Å²) in [4.78, 5) is 2.45. The minimum absolute atomic E-state index is 0.233. The highest BCUT2D eigenvalue weighted by Gasteiger charge is 2.48. The van der Waals surface area contributed by atoms with Crippen LogP contribution in [0.3, 0.4) is 0 Å². The van der Waals surface area contributed by atoms with E-state index in [1.807, 2.05) is 12.1 Å². The predicted octanol–water partition coefficient (Wildman–Crippen LogP) is 3.87. The molecule has 2 fully saturated rings. The minimum atomic E-state index is -1.09. The Kier molecular flexibility index (Phi) is 6.27. The number of nitrogens with zero attached hydrogens (tertiary/aromatic N) is 1. The molecule has 4 rings (SSSR count). The molecule has 2 bridgehead atoms. The number of rotatable bonds is 8. The van der Waals surface area contributed by atoms with E-state index in [2.05, 4.69) is 11.0 Å². The van der Waals surface area contributed by atoms with Crippen molar-refractivity contribution in [3.05, 3.63) is 59.4 Å². The van der Waals surface area contributed by atoms with Gasteiger partial charge in [-0.3, -0.25) is 4.90 Å². The highest BCUT2D eigenvalue weighted by atomic mass is 19.1. The molecule has 2 aliphatic rings. The van der Waals surface area contributed by atoms with Crippen molar-refractivity contribution >= 4 is 0 Å². The van der Waals surface area contributed by atoms with Gasteiger partial charge < -0.3 is 19.3 Å². The Labute approximate surface area is 177 Å². The van der Waals surface area contributed by atoms with Gasteiger partial charge in [0.05, 0.1) is 19.3 Å². The van der Waals surface area contributed by atoms with E-state index in [1.165, 1.54) is 6.07 Å². The van der Waals surface area contributed by atoms with Crippen molar-refractivity contribution in [2.24, 2.45) is 0 Å². The van der Waals surface area contributed by atoms with Crippen LogP contribution in [0.1, 0.15) is 36.8 Å². The molecule has 2 atom stereocenters. The summed E-state index contributed by atoms with van der Waals surface area (Å²) in [7, 11) is 3.28. The van der Waals surface area contributed by atoms with Crippen LogP contribution in [0.25, 0.3) is 0 Å². The summed E-state index contributed by atoms with van der Waals surface area (Å²) in [6, 6.07) is 13.1. The van der Waals surface area contributed by atoms with Gasteiger partial charge in [-0.1, -0.05) is 24.3 Å². The Balaban J connectivity index is 1.47. The zero-order valence-corrected chi connectivity index (χ0v) is 17.6. The van der Waals surface area contributed by atoms with Crippen molar-refractivity contribution in [2.75, 3.05) is 27.4 Å². The fourth-order valence-corrected chi connectivity index (χ4v) is 5.01. The SMILES string of the molecule is COCCOc1ccc(CN2C3CCC2CC(O)(c2ccccc2F)C3)cc1OC. The van der Waals surface area contributed by atoms with Crippen molar-refractivity contribution < 1.29 is 23.7 Å². The summed E-state index contributed by atoms with van der Waals surface area (Å²) in [5.74, 6) is 1.09. The van der Waals surface area contributed by atoms with Crippen molar-refractivity contribution in [3.63, 3.8) is 0 Å². The van der Waals surface area contributed by atoms with Crippen LogP contribution in [-0.2, 0) is 16.9 Å². The van der Waals surface area contributed by atoms with Gasteiger partial charge in [-0.2, -0.15) is 0 Å². The first kappa shape index (κ1) is 21.1. The lowest BCUT2D eigenvalue weighted by Gasteiger charge is -2.44. The Morgan fingerprint density at radius 2 is 1.77 bits per heavy atom. The summed E-state index contributed by atoms with van der Waals surface area (Å²) < 4.78 is 30.6. The normalized spacial score (nSPS) is 26.0. The quantitative estimate of drug-likeness (QED) is 0.664. The summed E-state index contributed by atoms with van der Waals surface area (Å²) in [6.45, 7) is 1.77. The first-order chi connectivity index (χ1) is 14.5. The molecule has 2 heterocycles. The molecule has 30 heavy (non-hydrogen) atoms. The molecule has 2 aromatic rings. The molecule has 2 aromatic carbocycles. The second-order valence-electron chi connectivity index (χ2n) is 8.30. The molecule has 0 aromatic heterocycles. The van der Waals surface area contributed by atoms with Crippen molar-refractivity contribution in [2.45, 2.75) is 49.9 Å². The Morgan fingerprint density at radius 3 is 2.43 bits per heavy atom. The van der Waals surface area contributed by atoms with Gasteiger partial charge >= 0.3 is 0 Å². The van der Waals surface area contributed by atoms with E-state index in [9.17, 15) is 9.50 Å². The molecular weight excluding hydrogens is 385 g/mol. The van der Waals surface area contributed by atoms with Crippen LogP contribution < -0.4 is 9.47 Å². The monoisotopic (exact) mass is 415 g/mol. The highest BCUT2D eigenvalue weighted by molar-refractivity contribution is 5.43. The Hall–Kier alpha value is -2.15. The maximum atomic E-state index is 14.4. The molecule has 2 aliphatic heterocycles. The molecule has 0 amide bonds. The summed E-state index contributed by atoms with van der Waals surface area (Å²) in [6.07, 6.45) is 3.16. The van der Waals surface area contributed by atoms with Gasteiger partial charge in [-0.05, 0) is 49.4 Å². The predicted molar refractivity (Wildman–Crippen MR) is 112 cm³/mol. The van der Waals surface area contributed by atoms with E-state index in [0.29, 0.717) is 43.1 Å². The minimum Gasteiger partial charge on any atom is -0.493 e. The number of hydrogen-bond donors (Lipinski definition) is 1. The standard InChI is InChI=1S/C24H30FNO4/c1-28-11-12-30-22-10-7-17(13-23(22)29-2)16-26-18-8-9-19(26)15-24(27,14-18)20-5-3-4-6-21(20)25/h3-7,10,13,18-19,27H,8-9,11-12,14-16H2,1-2H3. The number of halogens is 1. The average molecular weight is 416 g/mol. The van der Waals surface area contributed by atoms with E-state index >= 15 is 0 Å². The van der Waals surface area contributed by atoms with E-state index in [-0.39, 0.29) is 17.9 Å². The van der Waals surface area contributed by atoms with E-state index < -0.39 is 5.60 Å². The summed E-state index contributed by atoms with van der Waals surface area (Å²) in [5, 5.41) is 11.3. The second-order valence-corrected chi connectivity index (χ2v) is 8.30. The van der Waals surface area contributed by atoms with Gasteiger partial charge in [-0.15, -0.1) is 0 Å². The fraction of sp³-hybridized carbons (Fsp3) is 0.500. The van der Waals surface area contributed by atoms with Gasteiger partial charge in [0, 0.05) is 31.3 Å². The number of fused-ring (bicyclic) bond motifs is 2. The molecule has 0 radical (unpaired) electrons. The molecule has 0 aliphatic carbocycles. The molecule has 2 saturated heterocycles. The zero-order valence-electron chi connectivity index (χ0n) is 17.6. The van der Waals surface area contributed by atoms with Crippen LogP contribution in [0, 0.1) is 5.82 Å².